The molecule has 0 heterocycles. The predicted molar refractivity (Wildman–Crippen MR) is 76.7 cm³/mol. The third-order valence-corrected chi connectivity index (χ3v) is 2.89. The van der Waals surface area contributed by atoms with Crippen molar-refractivity contribution in [1.29, 1.82) is 0 Å². The third kappa shape index (κ3) is 3.71. The summed E-state index contributed by atoms with van der Waals surface area (Å²) in [6.45, 7) is 1.69. The lowest BCUT2D eigenvalue weighted by molar-refractivity contribution is -0.118. The summed E-state index contributed by atoms with van der Waals surface area (Å²) in [5, 5.41) is 2.70. The molecule has 2 aromatic carbocycles. The van der Waals surface area contributed by atoms with E-state index in [9.17, 15) is 9.18 Å². The van der Waals surface area contributed by atoms with Crippen molar-refractivity contribution in [3.8, 4) is 5.75 Å². The topological polar surface area (TPSA) is 38.3 Å². The second kappa shape index (κ2) is 6.39. The summed E-state index contributed by atoms with van der Waals surface area (Å²) in [6, 6.07) is 11.4. The van der Waals surface area contributed by atoms with Crippen LogP contribution in [0.4, 0.5) is 10.1 Å². The number of amides is 1. The summed E-state index contributed by atoms with van der Waals surface area (Å²) in [6.07, 6.45) is 0. The molecule has 20 heavy (non-hydrogen) atoms. The lowest BCUT2D eigenvalue weighted by atomic mass is 10.2. The summed E-state index contributed by atoms with van der Waals surface area (Å²) in [5.41, 5.74) is 1.01. The third-order valence-electron chi connectivity index (χ3n) is 2.66. The number of nitrogens with one attached hydrogen (secondary N) is 1. The number of rotatable bonds is 4. The fraction of sp³-hybridized carbons (Fsp3) is 0.133. The molecule has 0 saturated carbocycles. The molecule has 0 aliphatic heterocycles. The van der Waals surface area contributed by atoms with Gasteiger partial charge in [-0.25, -0.2) is 4.39 Å². The highest BCUT2D eigenvalue weighted by atomic mass is 35.5. The molecule has 104 valence electrons. The monoisotopic (exact) mass is 293 g/mol. The van der Waals surface area contributed by atoms with Crippen LogP contribution in [-0.2, 0) is 4.79 Å². The van der Waals surface area contributed by atoms with E-state index in [1.807, 2.05) is 25.1 Å². The van der Waals surface area contributed by atoms with Crippen molar-refractivity contribution in [1.82, 2.24) is 0 Å². The van der Waals surface area contributed by atoms with Gasteiger partial charge in [0.2, 0.25) is 0 Å². The minimum absolute atomic E-state index is 0.0767. The highest BCUT2D eigenvalue weighted by Gasteiger charge is 2.08. The van der Waals surface area contributed by atoms with Crippen LogP contribution in [0.5, 0.6) is 5.75 Å². The van der Waals surface area contributed by atoms with E-state index in [0.29, 0.717) is 5.75 Å². The van der Waals surface area contributed by atoms with Gasteiger partial charge in [0.1, 0.15) is 11.6 Å². The van der Waals surface area contributed by atoms with Crippen LogP contribution >= 0.6 is 11.6 Å². The number of halogens is 2. The second-order valence-corrected chi connectivity index (χ2v) is 4.66. The number of carbonyl (C=O) groups is 1. The van der Waals surface area contributed by atoms with Crippen LogP contribution in [0, 0.1) is 12.7 Å². The van der Waals surface area contributed by atoms with Crippen LogP contribution < -0.4 is 10.1 Å². The van der Waals surface area contributed by atoms with Gasteiger partial charge in [0.05, 0.1) is 5.69 Å². The van der Waals surface area contributed by atoms with E-state index in [1.54, 1.807) is 6.07 Å². The average molecular weight is 294 g/mol. The summed E-state index contributed by atoms with van der Waals surface area (Å²) < 4.78 is 18.9. The summed E-state index contributed by atoms with van der Waals surface area (Å²) in [4.78, 5) is 11.7. The van der Waals surface area contributed by atoms with Crippen LogP contribution in [0.15, 0.2) is 42.5 Å². The Kier molecular flexibility index (Phi) is 4.58. The van der Waals surface area contributed by atoms with E-state index in [4.69, 9.17) is 16.3 Å². The number of hydrogen-bond acceptors (Lipinski definition) is 2. The summed E-state index contributed by atoms with van der Waals surface area (Å²) in [5.74, 6) is -0.393. The first kappa shape index (κ1) is 14.3. The van der Waals surface area contributed by atoms with Crippen LogP contribution in [-0.4, -0.2) is 12.5 Å². The predicted octanol–water partition coefficient (Wildman–Crippen LogP) is 3.81. The Morgan fingerprint density at radius 2 is 2.05 bits per heavy atom. The Morgan fingerprint density at radius 3 is 2.75 bits per heavy atom. The normalized spacial score (nSPS) is 10.2. The van der Waals surface area contributed by atoms with Gasteiger partial charge in [-0.05, 0) is 36.8 Å². The number of anilines is 1. The fourth-order valence-corrected chi connectivity index (χ4v) is 1.80. The first-order chi connectivity index (χ1) is 9.56. The van der Waals surface area contributed by atoms with E-state index in [1.165, 1.54) is 12.1 Å². The maximum Gasteiger partial charge on any atom is 0.262 e. The molecule has 0 spiro atoms. The van der Waals surface area contributed by atoms with Gasteiger partial charge in [-0.15, -0.1) is 0 Å². The van der Waals surface area contributed by atoms with E-state index in [-0.39, 0.29) is 17.3 Å². The SMILES string of the molecule is Cc1ccccc1OCC(=O)Nc1ccc(Cl)cc1F. The molecular weight excluding hydrogens is 281 g/mol. The quantitative estimate of drug-likeness (QED) is 0.931. The molecule has 1 N–H and O–H groups in total. The van der Waals surface area contributed by atoms with E-state index in [0.717, 1.165) is 11.6 Å². The molecule has 0 atom stereocenters. The van der Waals surface area contributed by atoms with Crippen molar-refractivity contribution in [2.45, 2.75) is 6.92 Å². The summed E-state index contributed by atoms with van der Waals surface area (Å²) >= 11 is 5.63. The zero-order valence-electron chi connectivity index (χ0n) is 10.8. The number of ether oxygens (including phenoxy) is 1. The Labute approximate surface area is 121 Å². The maximum atomic E-state index is 13.5. The summed E-state index contributed by atoms with van der Waals surface area (Å²) in [7, 11) is 0. The lowest BCUT2D eigenvalue weighted by Crippen LogP contribution is -2.21. The van der Waals surface area contributed by atoms with Gasteiger partial charge in [-0.1, -0.05) is 29.8 Å². The average Bonchev–Trinajstić information content (AvgIpc) is 2.41. The van der Waals surface area contributed by atoms with Gasteiger partial charge in [0.15, 0.2) is 6.61 Å². The molecule has 2 aromatic rings. The zero-order valence-corrected chi connectivity index (χ0v) is 11.6. The van der Waals surface area contributed by atoms with Crippen LogP contribution in [0.25, 0.3) is 0 Å². The highest BCUT2D eigenvalue weighted by Crippen LogP contribution is 2.19. The zero-order chi connectivity index (χ0) is 14.5. The number of para-hydroxylation sites is 1. The van der Waals surface area contributed by atoms with E-state index < -0.39 is 11.7 Å². The number of aryl methyl sites for hydroxylation is 1. The minimum atomic E-state index is -0.582. The molecule has 2 rings (SSSR count). The Balaban J connectivity index is 1.94. The molecule has 0 aliphatic carbocycles. The van der Waals surface area contributed by atoms with E-state index in [2.05, 4.69) is 5.32 Å². The molecule has 0 saturated heterocycles. The van der Waals surface area contributed by atoms with Crippen molar-refractivity contribution < 1.29 is 13.9 Å². The lowest BCUT2D eigenvalue weighted by Gasteiger charge is -2.10. The molecule has 0 bridgehead atoms. The van der Waals surface area contributed by atoms with E-state index >= 15 is 0 Å². The van der Waals surface area contributed by atoms with Gasteiger partial charge in [0.25, 0.3) is 5.91 Å². The van der Waals surface area contributed by atoms with Crippen molar-refractivity contribution in [3.05, 3.63) is 58.9 Å². The smallest absolute Gasteiger partial charge is 0.262 e. The van der Waals surface area contributed by atoms with Gasteiger partial charge >= 0.3 is 0 Å². The Hall–Kier alpha value is -2.07. The molecule has 5 heteroatoms. The van der Waals surface area contributed by atoms with Crippen molar-refractivity contribution in [3.63, 3.8) is 0 Å². The van der Waals surface area contributed by atoms with Gasteiger partial charge < -0.3 is 10.1 Å². The van der Waals surface area contributed by atoms with Gasteiger partial charge in [-0.2, -0.15) is 0 Å². The Bertz CT molecular complexity index is 631. The number of carbonyl (C=O) groups excluding carboxylic acids is 1. The molecule has 0 fully saturated rings. The standard InChI is InChI=1S/C15H13ClFNO2/c1-10-4-2-3-5-14(10)20-9-15(19)18-13-7-6-11(16)8-12(13)17/h2-8H,9H2,1H3,(H,18,19). The first-order valence-corrected chi connectivity index (χ1v) is 6.37. The fourth-order valence-electron chi connectivity index (χ4n) is 1.64. The molecule has 0 unspecified atom stereocenters. The minimum Gasteiger partial charge on any atom is -0.483 e. The molecule has 1 amide bonds. The Morgan fingerprint density at radius 1 is 1.30 bits per heavy atom. The maximum absolute atomic E-state index is 13.5. The van der Waals surface area contributed by atoms with Crippen molar-refractivity contribution in [2.24, 2.45) is 0 Å². The van der Waals surface area contributed by atoms with Crippen molar-refractivity contribution >= 4 is 23.2 Å². The van der Waals surface area contributed by atoms with Gasteiger partial charge in [0, 0.05) is 5.02 Å². The number of hydrogen-bond donors (Lipinski definition) is 1. The molecule has 0 aliphatic rings. The molecule has 0 aromatic heterocycles. The second-order valence-electron chi connectivity index (χ2n) is 4.23. The van der Waals surface area contributed by atoms with Crippen molar-refractivity contribution in [2.75, 3.05) is 11.9 Å². The first-order valence-electron chi connectivity index (χ1n) is 5.99. The molecular formula is C15H13ClFNO2. The largest absolute Gasteiger partial charge is 0.483 e. The molecule has 0 radical (unpaired) electrons. The highest BCUT2D eigenvalue weighted by molar-refractivity contribution is 6.30. The number of benzene rings is 2. The van der Waals surface area contributed by atoms with Crippen LogP contribution in [0.3, 0.4) is 0 Å². The van der Waals surface area contributed by atoms with Crippen LogP contribution in [0.2, 0.25) is 5.02 Å². The van der Waals surface area contributed by atoms with Gasteiger partial charge in [-0.3, -0.25) is 4.79 Å². The van der Waals surface area contributed by atoms with Crippen LogP contribution in [0.1, 0.15) is 5.56 Å². The molecule has 3 nitrogen and oxygen atoms in total.